The number of methoxy groups -OCH3 is 2. The van der Waals surface area contributed by atoms with Crippen molar-refractivity contribution in [2.75, 3.05) is 19.5 Å². The number of hydrogen-bond acceptors (Lipinski definition) is 8. The molecule has 0 fully saturated rings. The summed E-state index contributed by atoms with van der Waals surface area (Å²) in [4.78, 5) is 37.3. The van der Waals surface area contributed by atoms with Crippen LogP contribution in [0.5, 0.6) is 17.2 Å². The molecule has 192 valence electrons. The number of anilines is 1. The van der Waals surface area contributed by atoms with Crippen molar-refractivity contribution >= 4 is 29.7 Å². The summed E-state index contributed by atoms with van der Waals surface area (Å²) in [5, 5.41) is 6.74. The van der Waals surface area contributed by atoms with Gasteiger partial charge in [0.1, 0.15) is 5.75 Å². The lowest BCUT2D eigenvalue weighted by Crippen LogP contribution is -2.18. The van der Waals surface area contributed by atoms with E-state index in [1.165, 1.54) is 44.9 Å². The Morgan fingerprint density at radius 3 is 2.34 bits per heavy atom. The Balaban J connectivity index is 1.37. The molecule has 1 heterocycles. The van der Waals surface area contributed by atoms with Gasteiger partial charge in [0.05, 0.1) is 26.7 Å². The van der Waals surface area contributed by atoms with Gasteiger partial charge in [-0.3, -0.25) is 9.59 Å². The number of carbonyl (C=O) groups excluding carboxylic acids is 3. The van der Waals surface area contributed by atoms with Gasteiger partial charge in [-0.1, -0.05) is 12.1 Å². The van der Waals surface area contributed by atoms with Gasteiger partial charge in [-0.25, -0.2) is 10.2 Å². The molecular formula is C28H23N3O7. The van der Waals surface area contributed by atoms with E-state index >= 15 is 0 Å². The Kier molecular flexibility index (Phi) is 8.15. The van der Waals surface area contributed by atoms with Crippen molar-refractivity contribution in [3.05, 3.63) is 108 Å². The number of ether oxygens (including phenoxy) is 3. The zero-order chi connectivity index (χ0) is 26.9. The van der Waals surface area contributed by atoms with Crippen molar-refractivity contribution in [1.29, 1.82) is 0 Å². The molecule has 0 aliphatic carbocycles. The minimum atomic E-state index is -0.663. The van der Waals surface area contributed by atoms with Crippen LogP contribution in [0.3, 0.4) is 0 Å². The van der Waals surface area contributed by atoms with Crippen molar-refractivity contribution in [2.45, 2.75) is 0 Å². The molecule has 4 aromatic rings. The van der Waals surface area contributed by atoms with Crippen molar-refractivity contribution in [1.82, 2.24) is 5.43 Å². The van der Waals surface area contributed by atoms with Crippen LogP contribution in [0.4, 0.5) is 5.69 Å². The van der Waals surface area contributed by atoms with E-state index in [0.717, 1.165) is 0 Å². The first-order valence-electron chi connectivity index (χ1n) is 11.3. The molecule has 3 aromatic carbocycles. The number of furan rings is 1. The zero-order valence-electron chi connectivity index (χ0n) is 20.5. The maximum absolute atomic E-state index is 12.6. The van der Waals surface area contributed by atoms with Crippen molar-refractivity contribution in [3.8, 4) is 17.2 Å². The van der Waals surface area contributed by atoms with Gasteiger partial charge in [-0.15, -0.1) is 0 Å². The Hall–Kier alpha value is -5.38. The van der Waals surface area contributed by atoms with Crippen LogP contribution in [0.2, 0.25) is 0 Å². The van der Waals surface area contributed by atoms with Gasteiger partial charge >= 0.3 is 5.97 Å². The van der Waals surface area contributed by atoms with Crippen LogP contribution >= 0.6 is 0 Å². The van der Waals surface area contributed by atoms with Gasteiger partial charge in [0, 0.05) is 16.8 Å². The van der Waals surface area contributed by atoms with Crippen LogP contribution in [0.1, 0.15) is 36.8 Å². The molecule has 1 aromatic heterocycles. The molecule has 10 heteroatoms. The van der Waals surface area contributed by atoms with Crippen LogP contribution in [-0.4, -0.2) is 38.2 Å². The monoisotopic (exact) mass is 513 g/mol. The number of benzene rings is 3. The summed E-state index contributed by atoms with van der Waals surface area (Å²) in [5.74, 6) is -0.372. The Bertz CT molecular complexity index is 1480. The fourth-order valence-corrected chi connectivity index (χ4v) is 3.33. The predicted molar refractivity (Wildman–Crippen MR) is 139 cm³/mol. The van der Waals surface area contributed by atoms with Gasteiger partial charge in [0.25, 0.3) is 11.8 Å². The second kappa shape index (κ2) is 12.0. The molecule has 0 bridgehead atoms. The molecule has 38 heavy (non-hydrogen) atoms. The molecule has 0 saturated heterocycles. The standard InChI is InChI=1S/C28H23N3O7/c1-35-22-9-4-7-20(16-22)26(32)30-21-8-3-6-19(15-21)27(33)31-29-17-18-11-12-23(25(14-18)36-2)38-28(34)24-10-5-13-37-24/h3-17H,1-2H3,(H,30,32)(H,31,33). The van der Waals surface area contributed by atoms with Gasteiger partial charge in [0.15, 0.2) is 11.5 Å². The number of esters is 1. The van der Waals surface area contributed by atoms with E-state index in [0.29, 0.717) is 33.9 Å². The Morgan fingerprint density at radius 1 is 0.816 bits per heavy atom. The van der Waals surface area contributed by atoms with Crippen molar-refractivity contribution in [3.63, 3.8) is 0 Å². The molecule has 0 spiro atoms. The third kappa shape index (κ3) is 6.43. The van der Waals surface area contributed by atoms with Crippen LogP contribution in [0.15, 0.2) is 94.6 Å². The van der Waals surface area contributed by atoms with Crippen LogP contribution in [0.25, 0.3) is 0 Å². The predicted octanol–water partition coefficient (Wildman–Crippen LogP) is 4.53. The van der Waals surface area contributed by atoms with Gasteiger partial charge in [-0.05, 0) is 72.3 Å². The summed E-state index contributed by atoms with van der Waals surface area (Å²) in [5.41, 5.74) is 4.18. The highest BCUT2D eigenvalue weighted by molar-refractivity contribution is 6.05. The summed E-state index contributed by atoms with van der Waals surface area (Å²) >= 11 is 0. The summed E-state index contributed by atoms with van der Waals surface area (Å²) in [7, 11) is 2.95. The lowest BCUT2D eigenvalue weighted by molar-refractivity contribution is 0.0696. The quantitative estimate of drug-likeness (QED) is 0.146. The lowest BCUT2D eigenvalue weighted by atomic mass is 10.1. The van der Waals surface area contributed by atoms with Gasteiger partial charge in [0.2, 0.25) is 5.76 Å². The van der Waals surface area contributed by atoms with Crippen LogP contribution in [0, 0.1) is 0 Å². The first-order chi connectivity index (χ1) is 18.5. The highest BCUT2D eigenvalue weighted by Crippen LogP contribution is 2.28. The minimum Gasteiger partial charge on any atom is -0.497 e. The van der Waals surface area contributed by atoms with Crippen LogP contribution in [-0.2, 0) is 0 Å². The molecule has 10 nitrogen and oxygen atoms in total. The van der Waals surface area contributed by atoms with Gasteiger partial charge in [-0.2, -0.15) is 5.10 Å². The summed E-state index contributed by atoms with van der Waals surface area (Å²) in [6.07, 6.45) is 2.78. The Labute approximate surface area is 217 Å². The van der Waals surface area contributed by atoms with E-state index in [9.17, 15) is 14.4 Å². The summed E-state index contributed by atoms with van der Waals surface area (Å²) < 4.78 is 20.8. The zero-order valence-corrected chi connectivity index (χ0v) is 20.5. The maximum Gasteiger partial charge on any atom is 0.379 e. The highest BCUT2D eigenvalue weighted by Gasteiger charge is 2.15. The number of carbonyl (C=O) groups is 3. The molecular weight excluding hydrogens is 490 g/mol. The molecule has 0 saturated carbocycles. The van der Waals surface area contributed by atoms with E-state index in [1.54, 1.807) is 60.7 Å². The number of nitrogens with one attached hydrogen (secondary N) is 2. The fourth-order valence-electron chi connectivity index (χ4n) is 3.33. The molecule has 0 aliphatic heterocycles. The molecule has 0 radical (unpaired) electrons. The van der Waals surface area contributed by atoms with Crippen molar-refractivity contribution in [2.24, 2.45) is 5.10 Å². The van der Waals surface area contributed by atoms with Crippen LogP contribution < -0.4 is 25.0 Å². The first-order valence-corrected chi connectivity index (χ1v) is 11.3. The molecule has 2 N–H and O–H groups in total. The SMILES string of the molecule is COc1cccc(C(=O)Nc2cccc(C(=O)NN=Cc3ccc(OC(=O)c4ccco4)c(OC)c3)c2)c1. The smallest absolute Gasteiger partial charge is 0.379 e. The van der Waals surface area contributed by atoms with E-state index in [2.05, 4.69) is 15.8 Å². The average molecular weight is 514 g/mol. The first kappa shape index (κ1) is 25.7. The second-order valence-corrected chi connectivity index (χ2v) is 7.74. The Morgan fingerprint density at radius 2 is 1.61 bits per heavy atom. The normalized spacial score (nSPS) is 10.6. The summed E-state index contributed by atoms with van der Waals surface area (Å²) in [6.45, 7) is 0. The second-order valence-electron chi connectivity index (χ2n) is 7.74. The molecule has 0 atom stereocenters. The molecule has 4 rings (SSSR count). The number of hydrogen-bond donors (Lipinski definition) is 2. The fraction of sp³-hybridized carbons (Fsp3) is 0.0714. The summed E-state index contributed by atoms with van der Waals surface area (Å²) in [6, 6.07) is 21.0. The van der Waals surface area contributed by atoms with Crippen molar-refractivity contribution < 1.29 is 33.0 Å². The third-order valence-corrected chi connectivity index (χ3v) is 5.21. The van der Waals surface area contributed by atoms with E-state index in [1.807, 2.05) is 0 Å². The van der Waals surface area contributed by atoms with E-state index in [4.69, 9.17) is 18.6 Å². The largest absolute Gasteiger partial charge is 0.497 e. The lowest BCUT2D eigenvalue weighted by Gasteiger charge is -2.09. The third-order valence-electron chi connectivity index (χ3n) is 5.21. The average Bonchev–Trinajstić information content (AvgIpc) is 3.49. The topological polar surface area (TPSA) is 128 Å². The molecule has 0 aliphatic rings. The van der Waals surface area contributed by atoms with E-state index in [-0.39, 0.29) is 17.4 Å². The molecule has 2 amide bonds. The number of hydrazone groups is 1. The maximum atomic E-state index is 12.6. The minimum absolute atomic E-state index is 0.0596. The molecule has 0 unspecified atom stereocenters. The highest BCUT2D eigenvalue weighted by atomic mass is 16.6. The number of nitrogens with zero attached hydrogens (tertiary/aromatic N) is 1. The number of amides is 2. The van der Waals surface area contributed by atoms with Gasteiger partial charge < -0.3 is 23.9 Å². The number of rotatable bonds is 9. The van der Waals surface area contributed by atoms with E-state index < -0.39 is 11.9 Å².